The highest BCUT2D eigenvalue weighted by Crippen LogP contribution is 2.22. The number of halogens is 1. The molecule has 0 atom stereocenters. The summed E-state index contributed by atoms with van der Waals surface area (Å²) in [5.41, 5.74) is 0.0603. The molecule has 2 aromatic rings. The van der Waals surface area contributed by atoms with Crippen LogP contribution in [0.5, 0.6) is 5.75 Å². The Labute approximate surface area is 127 Å². The van der Waals surface area contributed by atoms with Crippen molar-refractivity contribution in [1.29, 1.82) is 0 Å². The minimum Gasteiger partial charge on any atom is -0.491 e. The molecule has 21 heavy (non-hydrogen) atoms. The Morgan fingerprint density at radius 1 is 1.48 bits per heavy atom. The molecule has 0 aliphatic carbocycles. The zero-order valence-corrected chi connectivity index (χ0v) is 12.2. The third-order valence-corrected chi connectivity index (χ3v) is 3.13. The number of benzene rings is 1. The minimum absolute atomic E-state index is 0.0603. The van der Waals surface area contributed by atoms with Crippen LogP contribution in [-0.2, 0) is 6.54 Å². The molecule has 0 aliphatic rings. The Balaban J connectivity index is 2.00. The third-order valence-electron chi connectivity index (χ3n) is 2.57. The lowest BCUT2D eigenvalue weighted by atomic mass is 10.2. The number of aromatic nitrogens is 2. The van der Waals surface area contributed by atoms with E-state index in [2.05, 4.69) is 21.0 Å². The summed E-state index contributed by atoms with van der Waals surface area (Å²) >= 11 is 3.04. The Morgan fingerprint density at radius 2 is 2.19 bits per heavy atom. The average Bonchev–Trinajstić information content (AvgIpc) is 2.80. The van der Waals surface area contributed by atoms with Crippen LogP contribution in [-0.4, -0.2) is 32.4 Å². The van der Waals surface area contributed by atoms with Gasteiger partial charge < -0.3 is 20.0 Å². The van der Waals surface area contributed by atoms with E-state index < -0.39 is 10.9 Å². The number of nitro groups is 1. The molecule has 0 aliphatic heterocycles. The van der Waals surface area contributed by atoms with Crippen molar-refractivity contribution in [2.75, 3.05) is 6.61 Å². The molecule has 2 rings (SSSR count). The second-order valence-electron chi connectivity index (χ2n) is 3.97. The van der Waals surface area contributed by atoms with Crippen molar-refractivity contribution >= 4 is 27.7 Å². The van der Waals surface area contributed by atoms with Crippen molar-refractivity contribution in [3.05, 3.63) is 50.6 Å². The number of carbonyl (C=O) groups is 1. The maximum atomic E-state index is 11.0. The van der Waals surface area contributed by atoms with Gasteiger partial charge in [0, 0.05) is 0 Å². The fourth-order valence-electron chi connectivity index (χ4n) is 1.64. The minimum atomic E-state index is -1.08. The topological polar surface area (TPSA) is 107 Å². The summed E-state index contributed by atoms with van der Waals surface area (Å²) in [5, 5.41) is 23.4. The maximum absolute atomic E-state index is 11.0. The largest absolute Gasteiger partial charge is 0.491 e. The fraction of sp³-hybridized carbons (Fsp3) is 0.167. The van der Waals surface area contributed by atoms with Gasteiger partial charge in [-0.1, -0.05) is 12.1 Å². The van der Waals surface area contributed by atoms with Crippen LogP contribution < -0.4 is 4.74 Å². The van der Waals surface area contributed by atoms with Gasteiger partial charge in [0.05, 0.1) is 17.8 Å². The van der Waals surface area contributed by atoms with E-state index in [1.54, 1.807) is 18.2 Å². The number of carboxylic acids is 1. The first-order valence-electron chi connectivity index (χ1n) is 5.81. The van der Waals surface area contributed by atoms with E-state index in [9.17, 15) is 14.9 Å². The van der Waals surface area contributed by atoms with Gasteiger partial charge in [0.15, 0.2) is 0 Å². The molecule has 0 amide bonds. The molecule has 0 saturated carbocycles. The number of nitrogens with zero attached hydrogens (tertiary/aromatic N) is 3. The van der Waals surface area contributed by atoms with Crippen molar-refractivity contribution in [2.45, 2.75) is 6.54 Å². The highest BCUT2D eigenvalue weighted by atomic mass is 79.9. The van der Waals surface area contributed by atoms with E-state index in [0.717, 1.165) is 0 Å². The van der Waals surface area contributed by atoms with Gasteiger partial charge in [0.1, 0.15) is 22.4 Å². The highest BCUT2D eigenvalue weighted by molar-refractivity contribution is 9.10. The standard InChI is InChI=1S/C12H10BrN3O5/c13-9-7-15(14-11(9)16(19)20)5-6-21-10-4-2-1-3-8(10)12(17)18/h1-4,7H,5-6H2,(H,17,18). The molecular weight excluding hydrogens is 346 g/mol. The Hall–Kier alpha value is -2.42. The van der Waals surface area contributed by atoms with E-state index >= 15 is 0 Å². The SMILES string of the molecule is O=C(O)c1ccccc1OCCn1cc(Br)c([N+](=O)[O-])n1. The highest BCUT2D eigenvalue weighted by Gasteiger charge is 2.18. The van der Waals surface area contributed by atoms with Crippen molar-refractivity contribution < 1.29 is 19.6 Å². The molecule has 0 fully saturated rings. The van der Waals surface area contributed by atoms with Gasteiger partial charge in [-0.05, 0) is 33.0 Å². The van der Waals surface area contributed by atoms with Gasteiger partial charge >= 0.3 is 11.8 Å². The molecule has 0 saturated heterocycles. The molecule has 0 spiro atoms. The van der Waals surface area contributed by atoms with Crippen molar-refractivity contribution in [3.8, 4) is 5.75 Å². The van der Waals surface area contributed by atoms with Crippen LogP contribution in [0.3, 0.4) is 0 Å². The van der Waals surface area contributed by atoms with E-state index in [4.69, 9.17) is 9.84 Å². The van der Waals surface area contributed by atoms with E-state index in [0.29, 0.717) is 0 Å². The lowest BCUT2D eigenvalue weighted by molar-refractivity contribution is -0.390. The second kappa shape index (κ2) is 6.35. The first-order valence-corrected chi connectivity index (χ1v) is 6.61. The summed E-state index contributed by atoms with van der Waals surface area (Å²) in [5.74, 6) is -1.12. The Morgan fingerprint density at radius 3 is 2.81 bits per heavy atom. The van der Waals surface area contributed by atoms with E-state index in [1.807, 2.05) is 0 Å². The van der Waals surface area contributed by atoms with Crippen molar-refractivity contribution in [2.24, 2.45) is 0 Å². The summed E-state index contributed by atoms with van der Waals surface area (Å²) in [6, 6.07) is 6.25. The first kappa shape index (κ1) is 15.0. The number of ether oxygens (including phenoxy) is 1. The Kier molecular flexibility index (Phi) is 4.53. The van der Waals surface area contributed by atoms with Gasteiger partial charge in [-0.15, -0.1) is 0 Å². The number of rotatable bonds is 6. The summed E-state index contributed by atoms with van der Waals surface area (Å²) in [7, 11) is 0. The van der Waals surface area contributed by atoms with Crippen molar-refractivity contribution in [3.63, 3.8) is 0 Å². The molecule has 0 unspecified atom stereocenters. The summed E-state index contributed by atoms with van der Waals surface area (Å²) in [6.07, 6.45) is 1.46. The van der Waals surface area contributed by atoms with Gasteiger partial charge in [-0.3, -0.25) is 0 Å². The third kappa shape index (κ3) is 3.57. The lowest BCUT2D eigenvalue weighted by Crippen LogP contribution is -2.11. The summed E-state index contributed by atoms with van der Waals surface area (Å²) < 4.78 is 7.01. The molecule has 1 N–H and O–H groups in total. The van der Waals surface area contributed by atoms with E-state index in [-0.39, 0.29) is 34.8 Å². The molecule has 0 bridgehead atoms. The Bertz CT molecular complexity index is 685. The average molecular weight is 356 g/mol. The molecular formula is C12H10BrN3O5. The van der Waals surface area contributed by atoms with Crippen LogP contribution in [0.15, 0.2) is 34.9 Å². The van der Waals surface area contributed by atoms with Crippen LogP contribution in [0, 0.1) is 10.1 Å². The van der Waals surface area contributed by atoms with E-state index in [1.165, 1.54) is 16.9 Å². The van der Waals surface area contributed by atoms with Crippen molar-refractivity contribution in [1.82, 2.24) is 9.78 Å². The van der Waals surface area contributed by atoms with Crippen LogP contribution in [0.4, 0.5) is 5.82 Å². The lowest BCUT2D eigenvalue weighted by Gasteiger charge is -2.07. The zero-order valence-electron chi connectivity index (χ0n) is 10.6. The quantitative estimate of drug-likeness (QED) is 0.629. The molecule has 1 heterocycles. The number of hydrogen-bond donors (Lipinski definition) is 1. The fourth-order valence-corrected chi connectivity index (χ4v) is 2.10. The monoisotopic (exact) mass is 355 g/mol. The molecule has 9 heteroatoms. The van der Waals surface area contributed by atoms with Gasteiger partial charge in [0.25, 0.3) is 0 Å². The maximum Gasteiger partial charge on any atom is 0.404 e. The van der Waals surface area contributed by atoms with Gasteiger partial charge in [0.2, 0.25) is 0 Å². The molecule has 1 aromatic carbocycles. The number of para-hydroxylation sites is 1. The second-order valence-corrected chi connectivity index (χ2v) is 4.82. The number of carboxylic acid groups (broad SMARTS) is 1. The van der Waals surface area contributed by atoms with Crippen LogP contribution in [0.1, 0.15) is 10.4 Å². The van der Waals surface area contributed by atoms with Crippen LogP contribution in [0.2, 0.25) is 0 Å². The predicted molar refractivity (Wildman–Crippen MR) is 75.5 cm³/mol. The molecule has 0 radical (unpaired) electrons. The van der Waals surface area contributed by atoms with Crippen LogP contribution in [0.25, 0.3) is 0 Å². The van der Waals surface area contributed by atoms with Crippen LogP contribution >= 0.6 is 15.9 Å². The normalized spacial score (nSPS) is 10.3. The summed E-state index contributed by atoms with van der Waals surface area (Å²) in [6.45, 7) is 0.385. The number of hydrogen-bond acceptors (Lipinski definition) is 5. The van der Waals surface area contributed by atoms with Gasteiger partial charge in [-0.2, -0.15) is 4.68 Å². The molecule has 8 nitrogen and oxygen atoms in total. The smallest absolute Gasteiger partial charge is 0.404 e. The zero-order chi connectivity index (χ0) is 15.4. The molecule has 110 valence electrons. The predicted octanol–water partition coefficient (Wildman–Crippen LogP) is 2.33. The molecule has 1 aromatic heterocycles. The van der Waals surface area contributed by atoms with Gasteiger partial charge in [-0.25, -0.2) is 4.79 Å². The number of aromatic carboxylic acids is 1. The summed E-state index contributed by atoms with van der Waals surface area (Å²) in [4.78, 5) is 21.1. The first-order chi connectivity index (χ1) is 9.99.